The Morgan fingerprint density at radius 3 is 2.64 bits per heavy atom. The molecule has 0 saturated carbocycles. The van der Waals surface area contributed by atoms with E-state index in [1.54, 1.807) is 0 Å². The fourth-order valence-electron chi connectivity index (χ4n) is 2.28. The van der Waals surface area contributed by atoms with E-state index in [0.29, 0.717) is 12.1 Å². The van der Waals surface area contributed by atoms with Crippen LogP contribution in [-0.2, 0) is 12.8 Å². The van der Waals surface area contributed by atoms with E-state index >= 15 is 0 Å². The molecule has 2 N–H and O–H groups in total. The van der Waals surface area contributed by atoms with Gasteiger partial charge in [-0.2, -0.15) is 5.10 Å². The molecular weight excluding hydrogens is 346 g/mol. The van der Waals surface area contributed by atoms with E-state index in [9.17, 15) is 4.79 Å². The maximum absolute atomic E-state index is 12.3. The van der Waals surface area contributed by atoms with Crippen LogP contribution in [0.5, 0.6) is 5.75 Å². The molecule has 0 unspecified atom stereocenters. The molecular formula is C16H18BrN3O2. The highest BCUT2D eigenvalue weighted by molar-refractivity contribution is 9.10. The van der Waals surface area contributed by atoms with Crippen molar-refractivity contribution in [2.24, 2.45) is 0 Å². The summed E-state index contributed by atoms with van der Waals surface area (Å²) in [4.78, 5) is 12.3. The van der Waals surface area contributed by atoms with Crippen molar-refractivity contribution in [1.82, 2.24) is 15.5 Å². The zero-order valence-corrected chi connectivity index (χ0v) is 13.9. The van der Waals surface area contributed by atoms with Crippen molar-refractivity contribution < 1.29 is 9.53 Å². The van der Waals surface area contributed by atoms with E-state index in [-0.39, 0.29) is 11.9 Å². The van der Waals surface area contributed by atoms with Gasteiger partial charge >= 0.3 is 0 Å². The van der Waals surface area contributed by atoms with Gasteiger partial charge in [-0.05, 0) is 40.0 Å². The average molecular weight is 364 g/mol. The standard InChI is InChI=1S/C16H18BrN3O2/c1-2-13-15(17)16(20-19-13)14(21)7-10-3-5-11(6-4-10)22-12-8-18-9-12/h3-6,12,18H,2,7-9H2,1H3,(H,19,20). The molecule has 1 fully saturated rings. The molecule has 3 rings (SSSR count). The van der Waals surface area contributed by atoms with Crippen LogP contribution in [0.25, 0.3) is 0 Å². The molecule has 1 aromatic carbocycles. The predicted octanol–water partition coefficient (Wildman–Crippen LogP) is 2.51. The van der Waals surface area contributed by atoms with Gasteiger partial charge in [0.1, 0.15) is 17.5 Å². The monoisotopic (exact) mass is 363 g/mol. The number of H-pyrrole nitrogens is 1. The van der Waals surface area contributed by atoms with Crippen molar-refractivity contribution in [2.45, 2.75) is 25.9 Å². The Hall–Kier alpha value is -1.66. The molecule has 0 radical (unpaired) electrons. The number of nitrogens with zero attached hydrogens (tertiary/aromatic N) is 1. The molecule has 2 heterocycles. The number of aromatic amines is 1. The SMILES string of the molecule is CCc1[nH]nc(C(=O)Cc2ccc(OC3CNC3)cc2)c1Br. The third-order valence-corrected chi connectivity index (χ3v) is 4.58. The minimum atomic E-state index is -0.000290. The molecule has 1 saturated heterocycles. The van der Waals surface area contributed by atoms with Gasteiger partial charge in [0.2, 0.25) is 0 Å². The Morgan fingerprint density at radius 2 is 2.09 bits per heavy atom. The fourth-order valence-corrected chi connectivity index (χ4v) is 2.96. The molecule has 0 amide bonds. The number of halogens is 1. The van der Waals surface area contributed by atoms with E-state index in [4.69, 9.17) is 4.74 Å². The van der Waals surface area contributed by atoms with Crippen LogP contribution in [-0.4, -0.2) is 35.2 Å². The second-order valence-electron chi connectivity index (χ2n) is 5.36. The number of aryl methyl sites for hydroxylation is 1. The molecule has 0 spiro atoms. The number of nitrogens with one attached hydrogen (secondary N) is 2. The van der Waals surface area contributed by atoms with Crippen molar-refractivity contribution in [1.29, 1.82) is 0 Å². The number of rotatable bonds is 6. The lowest BCUT2D eigenvalue weighted by atomic mass is 10.1. The quantitative estimate of drug-likeness (QED) is 0.773. The van der Waals surface area contributed by atoms with Crippen LogP contribution in [0.3, 0.4) is 0 Å². The number of benzene rings is 1. The van der Waals surface area contributed by atoms with E-state index < -0.39 is 0 Å². The van der Waals surface area contributed by atoms with Crippen molar-refractivity contribution in [3.8, 4) is 5.75 Å². The molecule has 6 heteroatoms. The summed E-state index contributed by atoms with van der Waals surface area (Å²) >= 11 is 3.44. The second-order valence-corrected chi connectivity index (χ2v) is 6.15. The number of Topliss-reactive ketones (excluding diaryl/α,β-unsaturated/α-hetero) is 1. The number of hydrogen-bond donors (Lipinski definition) is 2. The van der Waals surface area contributed by atoms with Crippen molar-refractivity contribution >= 4 is 21.7 Å². The van der Waals surface area contributed by atoms with Crippen LogP contribution in [0.4, 0.5) is 0 Å². The molecule has 2 aromatic rings. The third-order valence-electron chi connectivity index (χ3n) is 3.73. The predicted molar refractivity (Wildman–Crippen MR) is 87.4 cm³/mol. The first-order valence-electron chi connectivity index (χ1n) is 7.39. The Kier molecular flexibility index (Phi) is 4.59. The number of hydrogen-bond acceptors (Lipinski definition) is 4. The Balaban J connectivity index is 1.64. The van der Waals surface area contributed by atoms with Crippen LogP contribution < -0.4 is 10.1 Å². The van der Waals surface area contributed by atoms with E-state index in [1.165, 1.54) is 0 Å². The first-order valence-corrected chi connectivity index (χ1v) is 8.19. The Morgan fingerprint density at radius 1 is 1.36 bits per heavy atom. The molecule has 1 aliphatic rings. The number of ether oxygens (including phenoxy) is 1. The summed E-state index contributed by atoms with van der Waals surface area (Å²) in [6.45, 7) is 3.81. The summed E-state index contributed by atoms with van der Waals surface area (Å²) in [5.41, 5.74) is 2.37. The number of ketones is 1. The summed E-state index contributed by atoms with van der Waals surface area (Å²) in [6.07, 6.45) is 1.40. The minimum absolute atomic E-state index is 0.000290. The zero-order valence-electron chi connectivity index (χ0n) is 12.4. The van der Waals surface area contributed by atoms with Gasteiger partial charge in [0.15, 0.2) is 5.78 Å². The van der Waals surface area contributed by atoms with Gasteiger partial charge in [-0.1, -0.05) is 19.1 Å². The smallest absolute Gasteiger partial charge is 0.188 e. The molecule has 0 aliphatic carbocycles. The van der Waals surface area contributed by atoms with Crippen LogP contribution in [0.2, 0.25) is 0 Å². The normalized spacial score (nSPS) is 14.6. The van der Waals surface area contributed by atoms with Gasteiger partial charge in [0, 0.05) is 25.2 Å². The largest absolute Gasteiger partial charge is 0.488 e. The highest BCUT2D eigenvalue weighted by Gasteiger charge is 2.19. The molecule has 0 atom stereocenters. The highest BCUT2D eigenvalue weighted by atomic mass is 79.9. The Bertz CT molecular complexity index is 663. The summed E-state index contributed by atoms with van der Waals surface area (Å²) in [6, 6.07) is 7.69. The van der Waals surface area contributed by atoms with Crippen molar-refractivity contribution in [3.63, 3.8) is 0 Å². The zero-order chi connectivity index (χ0) is 15.5. The van der Waals surface area contributed by atoms with Crippen LogP contribution in [0.1, 0.15) is 28.7 Å². The lowest BCUT2D eigenvalue weighted by Crippen LogP contribution is -2.50. The first-order chi connectivity index (χ1) is 10.7. The van der Waals surface area contributed by atoms with E-state index in [2.05, 4.69) is 31.4 Å². The summed E-state index contributed by atoms with van der Waals surface area (Å²) < 4.78 is 6.54. The molecule has 0 bridgehead atoms. The molecule has 22 heavy (non-hydrogen) atoms. The molecule has 1 aromatic heterocycles. The maximum atomic E-state index is 12.3. The maximum Gasteiger partial charge on any atom is 0.188 e. The lowest BCUT2D eigenvalue weighted by Gasteiger charge is -2.27. The number of carbonyl (C=O) groups is 1. The topological polar surface area (TPSA) is 67.0 Å². The fraction of sp³-hybridized carbons (Fsp3) is 0.375. The minimum Gasteiger partial charge on any atom is -0.488 e. The van der Waals surface area contributed by atoms with E-state index in [1.807, 2.05) is 31.2 Å². The third kappa shape index (κ3) is 3.23. The van der Waals surface area contributed by atoms with Gasteiger partial charge in [0.05, 0.1) is 4.47 Å². The van der Waals surface area contributed by atoms with Crippen LogP contribution >= 0.6 is 15.9 Å². The number of carbonyl (C=O) groups excluding carboxylic acids is 1. The highest BCUT2D eigenvalue weighted by Crippen LogP contribution is 2.22. The first kappa shape index (κ1) is 15.2. The second kappa shape index (κ2) is 6.62. The van der Waals surface area contributed by atoms with Gasteiger partial charge in [-0.15, -0.1) is 0 Å². The number of aromatic nitrogens is 2. The van der Waals surface area contributed by atoms with Gasteiger partial charge in [-0.3, -0.25) is 9.89 Å². The van der Waals surface area contributed by atoms with Crippen LogP contribution in [0, 0.1) is 0 Å². The van der Waals surface area contributed by atoms with Gasteiger partial charge < -0.3 is 10.1 Å². The Labute approximate surface area is 137 Å². The van der Waals surface area contributed by atoms with E-state index in [0.717, 1.165) is 41.0 Å². The average Bonchev–Trinajstić information content (AvgIpc) is 2.85. The summed E-state index contributed by atoms with van der Waals surface area (Å²) in [5, 5.41) is 10.2. The summed E-state index contributed by atoms with van der Waals surface area (Å²) in [7, 11) is 0. The van der Waals surface area contributed by atoms with Crippen molar-refractivity contribution in [3.05, 3.63) is 45.7 Å². The lowest BCUT2D eigenvalue weighted by molar-refractivity contribution is 0.0987. The molecule has 5 nitrogen and oxygen atoms in total. The summed E-state index contributed by atoms with van der Waals surface area (Å²) in [5.74, 6) is 0.844. The molecule has 116 valence electrons. The van der Waals surface area contributed by atoms with Crippen molar-refractivity contribution in [2.75, 3.05) is 13.1 Å². The van der Waals surface area contributed by atoms with Gasteiger partial charge in [0.25, 0.3) is 0 Å². The molecule has 1 aliphatic heterocycles. The van der Waals surface area contributed by atoms with Gasteiger partial charge in [-0.25, -0.2) is 0 Å². The van der Waals surface area contributed by atoms with Crippen LogP contribution in [0.15, 0.2) is 28.7 Å².